The van der Waals surface area contributed by atoms with Crippen molar-refractivity contribution in [3.05, 3.63) is 64.6 Å². The normalized spacial score (nSPS) is 12.3. The van der Waals surface area contributed by atoms with Crippen molar-refractivity contribution >= 4 is 40.0 Å². The molecule has 0 aliphatic rings. The minimum absolute atomic E-state index is 0.0198. The molecule has 0 unspecified atom stereocenters. The van der Waals surface area contributed by atoms with Crippen molar-refractivity contribution in [1.82, 2.24) is 23.8 Å². The van der Waals surface area contributed by atoms with Gasteiger partial charge in [-0.15, -0.1) is 11.3 Å². The predicted molar refractivity (Wildman–Crippen MR) is 94.4 cm³/mol. The number of hydrogen-bond donors (Lipinski definition) is 1. The van der Waals surface area contributed by atoms with Crippen LogP contribution in [0.3, 0.4) is 0 Å². The Balaban J connectivity index is 1.52. The number of amides is 1. The number of hydrogen-bond acceptors (Lipinski definition) is 6. The highest BCUT2D eigenvalue weighted by molar-refractivity contribution is 7.10. The molecule has 1 amide bonds. The number of aromatic nitrogens is 4. The molecule has 8 heteroatoms. The Morgan fingerprint density at radius 2 is 2.12 bits per heavy atom. The van der Waals surface area contributed by atoms with E-state index >= 15 is 0 Å². The molecular weight excluding hydrogens is 342 g/mol. The fourth-order valence-corrected chi connectivity index (χ4v) is 3.82. The zero-order valence-electron chi connectivity index (χ0n) is 12.5. The van der Waals surface area contributed by atoms with Gasteiger partial charge in [0.25, 0.3) is 5.91 Å². The van der Waals surface area contributed by atoms with E-state index in [1.807, 2.05) is 34.5 Å². The molecule has 0 aliphatic carbocycles. The quantitative estimate of drug-likeness (QED) is 0.597. The van der Waals surface area contributed by atoms with Crippen LogP contribution < -0.4 is 5.32 Å². The van der Waals surface area contributed by atoms with Crippen LogP contribution in [-0.2, 0) is 0 Å². The van der Waals surface area contributed by atoms with Gasteiger partial charge < -0.3 is 5.32 Å². The molecule has 4 rings (SSSR count). The average molecular weight is 355 g/mol. The first-order valence-electron chi connectivity index (χ1n) is 7.34. The summed E-state index contributed by atoms with van der Waals surface area (Å²) in [6.45, 7) is 0.467. The Morgan fingerprint density at radius 3 is 2.92 bits per heavy atom. The van der Waals surface area contributed by atoms with Crippen LogP contribution in [0.1, 0.15) is 21.3 Å². The largest absolute Gasteiger partial charge is 0.350 e. The van der Waals surface area contributed by atoms with Gasteiger partial charge >= 0.3 is 0 Å². The van der Waals surface area contributed by atoms with Crippen LogP contribution in [0.2, 0.25) is 0 Å². The molecule has 3 aromatic heterocycles. The van der Waals surface area contributed by atoms with Gasteiger partial charge in [-0.05, 0) is 35.7 Å². The molecule has 0 aliphatic heterocycles. The first-order chi connectivity index (χ1) is 11.8. The van der Waals surface area contributed by atoms with Crippen LogP contribution in [-0.4, -0.2) is 31.0 Å². The van der Waals surface area contributed by atoms with Gasteiger partial charge in [0.1, 0.15) is 17.1 Å². The Morgan fingerprint density at radius 1 is 1.21 bits per heavy atom. The summed E-state index contributed by atoms with van der Waals surface area (Å²) in [6, 6.07) is 11.3. The van der Waals surface area contributed by atoms with Crippen molar-refractivity contribution < 1.29 is 4.79 Å². The second-order valence-corrected chi connectivity index (χ2v) is 6.70. The van der Waals surface area contributed by atoms with Crippen molar-refractivity contribution in [3.63, 3.8) is 0 Å². The Bertz CT molecular complexity index is 912. The monoisotopic (exact) mass is 355 g/mol. The van der Waals surface area contributed by atoms with Gasteiger partial charge in [-0.3, -0.25) is 9.48 Å². The van der Waals surface area contributed by atoms with E-state index in [4.69, 9.17) is 0 Å². The van der Waals surface area contributed by atoms with Crippen molar-refractivity contribution in [1.29, 1.82) is 0 Å². The lowest BCUT2D eigenvalue weighted by Crippen LogP contribution is -2.31. The van der Waals surface area contributed by atoms with Crippen molar-refractivity contribution in [2.45, 2.75) is 6.04 Å². The summed E-state index contributed by atoms with van der Waals surface area (Å²) in [5.41, 5.74) is 2.14. The maximum absolute atomic E-state index is 12.5. The summed E-state index contributed by atoms with van der Waals surface area (Å²) < 4.78 is 10.2. The maximum atomic E-state index is 12.5. The van der Waals surface area contributed by atoms with Gasteiger partial charge in [0.15, 0.2) is 0 Å². The fourth-order valence-electron chi connectivity index (χ4n) is 2.49. The molecule has 0 saturated heterocycles. The van der Waals surface area contributed by atoms with Gasteiger partial charge in [-0.25, -0.2) is 0 Å². The number of nitrogens with one attached hydrogen (secondary N) is 1. The first-order valence-corrected chi connectivity index (χ1v) is 8.95. The zero-order chi connectivity index (χ0) is 16.4. The van der Waals surface area contributed by atoms with E-state index in [0.717, 1.165) is 27.6 Å². The van der Waals surface area contributed by atoms with E-state index in [9.17, 15) is 4.79 Å². The third-order valence-electron chi connectivity index (χ3n) is 3.69. The van der Waals surface area contributed by atoms with Crippen molar-refractivity contribution in [2.24, 2.45) is 0 Å². The number of carbonyl (C=O) groups is 1. The zero-order valence-corrected chi connectivity index (χ0v) is 14.1. The number of rotatable bonds is 5. The molecule has 4 aromatic rings. The lowest BCUT2D eigenvalue weighted by Gasteiger charge is -2.17. The van der Waals surface area contributed by atoms with Crippen LogP contribution in [0.5, 0.6) is 0 Å². The van der Waals surface area contributed by atoms with Crippen molar-refractivity contribution in [2.75, 3.05) is 6.54 Å². The maximum Gasteiger partial charge on any atom is 0.251 e. The minimum Gasteiger partial charge on any atom is -0.350 e. The summed E-state index contributed by atoms with van der Waals surface area (Å²) in [6.07, 6.45) is 3.65. The topological polar surface area (TPSA) is 72.7 Å². The molecule has 1 aromatic carbocycles. The minimum atomic E-state index is -0.126. The highest BCUT2D eigenvalue weighted by Gasteiger charge is 2.17. The van der Waals surface area contributed by atoms with Crippen LogP contribution >= 0.6 is 23.1 Å². The summed E-state index contributed by atoms with van der Waals surface area (Å²) in [4.78, 5) is 13.6. The third kappa shape index (κ3) is 2.93. The van der Waals surface area contributed by atoms with Gasteiger partial charge in [0, 0.05) is 29.4 Å². The van der Waals surface area contributed by atoms with E-state index in [1.165, 1.54) is 0 Å². The fraction of sp³-hybridized carbons (Fsp3) is 0.125. The number of benzene rings is 1. The SMILES string of the molecule is O=C(NC[C@@H](c1cccs1)n1cccn1)c1ccc2nsnc2c1. The molecule has 24 heavy (non-hydrogen) atoms. The molecule has 0 bridgehead atoms. The van der Waals surface area contributed by atoms with Crippen LogP contribution in [0.25, 0.3) is 11.0 Å². The van der Waals surface area contributed by atoms with Gasteiger partial charge in [-0.1, -0.05) is 6.07 Å². The second-order valence-electron chi connectivity index (χ2n) is 5.20. The summed E-state index contributed by atoms with van der Waals surface area (Å²) in [5.74, 6) is -0.126. The molecular formula is C16H13N5OS2. The molecule has 120 valence electrons. The number of nitrogens with zero attached hydrogens (tertiary/aromatic N) is 4. The summed E-state index contributed by atoms with van der Waals surface area (Å²) in [5, 5.41) is 9.33. The van der Waals surface area contributed by atoms with Crippen molar-refractivity contribution in [3.8, 4) is 0 Å². The molecule has 1 N–H and O–H groups in total. The van der Waals surface area contributed by atoms with Crippen LogP contribution in [0, 0.1) is 0 Å². The van der Waals surface area contributed by atoms with E-state index in [2.05, 4.69) is 25.2 Å². The molecule has 0 radical (unpaired) electrons. The predicted octanol–water partition coefficient (Wildman–Crippen LogP) is 2.97. The third-order valence-corrected chi connectivity index (χ3v) is 5.22. The lowest BCUT2D eigenvalue weighted by molar-refractivity contribution is 0.0949. The number of carbonyl (C=O) groups excluding carboxylic acids is 1. The summed E-state index contributed by atoms with van der Waals surface area (Å²) in [7, 11) is 0. The standard InChI is InChI=1S/C16H13N5OS2/c22-16(11-4-5-12-13(9-11)20-24-19-12)17-10-14(15-3-1-8-23-15)21-7-2-6-18-21/h1-9,14H,10H2,(H,17,22)/t14-/m0/s1. The summed E-state index contributed by atoms with van der Waals surface area (Å²) >= 11 is 2.80. The second kappa shape index (κ2) is 6.50. The Labute approximate surface area is 146 Å². The first kappa shape index (κ1) is 15.0. The van der Waals surface area contributed by atoms with E-state index < -0.39 is 0 Å². The van der Waals surface area contributed by atoms with Gasteiger partial charge in [0.05, 0.1) is 11.7 Å². The number of fused-ring (bicyclic) bond motifs is 1. The molecule has 0 saturated carbocycles. The highest BCUT2D eigenvalue weighted by Crippen LogP contribution is 2.22. The molecule has 0 spiro atoms. The van der Waals surface area contributed by atoms with E-state index in [-0.39, 0.29) is 11.9 Å². The average Bonchev–Trinajstić information content (AvgIpc) is 3.36. The van der Waals surface area contributed by atoms with Crippen LogP contribution in [0.4, 0.5) is 0 Å². The van der Waals surface area contributed by atoms with E-state index in [0.29, 0.717) is 12.1 Å². The molecule has 3 heterocycles. The highest BCUT2D eigenvalue weighted by atomic mass is 32.1. The van der Waals surface area contributed by atoms with E-state index in [1.54, 1.807) is 29.7 Å². The van der Waals surface area contributed by atoms with Gasteiger partial charge in [-0.2, -0.15) is 13.8 Å². The van der Waals surface area contributed by atoms with Gasteiger partial charge in [0.2, 0.25) is 0 Å². The number of thiophene rings is 1. The Hall–Kier alpha value is -2.58. The molecule has 6 nitrogen and oxygen atoms in total. The lowest BCUT2D eigenvalue weighted by atomic mass is 10.1. The molecule has 1 atom stereocenters. The Kier molecular flexibility index (Phi) is 4.06. The smallest absolute Gasteiger partial charge is 0.251 e. The molecule has 0 fully saturated rings. The van der Waals surface area contributed by atoms with Crippen LogP contribution in [0.15, 0.2) is 54.2 Å².